The Hall–Kier alpha value is -2.47. The summed E-state index contributed by atoms with van der Waals surface area (Å²) in [5.74, 6) is 0.414. The van der Waals surface area contributed by atoms with Crippen LogP contribution in [0.2, 0.25) is 0 Å². The van der Waals surface area contributed by atoms with Gasteiger partial charge in [-0.05, 0) is 56.7 Å². The average Bonchev–Trinajstić information content (AvgIpc) is 2.58. The predicted molar refractivity (Wildman–Crippen MR) is 101 cm³/mol. The van der Waals surface area contributed by atoms with Crippen molar-refractivity contribution in [3.05, 3.63) is 53.6 Å². The summed E-state index contributed by atoms with van der Waals surface area (Å²) in [4.78, 5) is 25.2. The molecule has 5 nitrogen and oxygen atoms in total. The molecule has 132 valence electrons. The molecular formula is C19H22N2O3S. The summed E-state index contributed by atoms with van der Waals surface area (Å²) in [5, 5.41) is 4.68. The number of carbonyl (C=O) groups is 2. The van der Waals surface area contributed by atoms with E-state index in [0.29, 0.717) is 5.69 Å². The Bertz CT molecular complexity index is 760. The number of ether oxygens (including phenoxy) is 1. The molecular weight excluding hydrogens is 336 g/mol. The Morgan fingerprint density at radius 2 is 1.76 bits per heavy atom. The minimum Gasteiger partial charge on any atom is -0.497 e. The number of hydrogen-bond donors (Lipinski definition) is 2. The van der Waals surface area contributed by atoms with Gasteiger partial charge in [0.05, 0.1) is 12.4 Å². The summed E-state index contributed by atoms with van der Waals surface area (Å²) in [7, 11) is 1.60. The molecule has 1 unspecified atom stereocenters. The highest BCUT2D eigenvalue weighted by molar-refractivity contribution is 8.00. The lowest BCUT2D eigenvalue weighted by atomic mass is 10.1. The van der Waals surface area contributed by atoms with Crippen LogP contribution in [0.1, 0.15) is 18.1 Å². The number of thioether (sulfide) groups is 1. The van der Waals surface area contributed by atoms with E-state index in [9.17, 15) is 9.59 Å². The van der Waals surface area contributed by atoms with Crippen LogP contribution in [0.15, 0.2) is 47.4 Å². The molecule has 0 saturated carbocycles. The number of urea groups is 1. The van der Waals surface area contributed by atoms with Gasteiger partial charge in [-0.1, -0.05) is 17.7 Å². The molecule has 0 heterocycles. The number of hydrogen-bond acceptors (Lipinski definition) is 4. The zero-order valence-corrected chi connectivity index (χ0v) is 15.6. The lowest BCUT2D eigenvalue weighted by molar-refractivity contribution is -0.119. The monoisotopic (exact) mass is 358 g/mol. The lowest BCUT2D eigenvalue weighted by Crippen LogP contribution is -2.39. The minimum atomic E-state index is -0.529. The first kappa shape index (κ1) is 18.9. The maximum absolute atomic E-state index is 12.2. The van der Waals surface area contributed by atoms with Crippen molar-refractivity contribution in [3.63, 3.8) is 0 Å². The SMILES string of the molecule is COc1ccc(SC(C)C(=O)NC(=O)Nc2ccc(C)cc2C)cc1. The van der Waals surface area contributed by atoms with Crippen LogP contribution in [0.4, 0.5) is 10.5 Å². The predicted octanol–water partition coefficient (Wildman–Crippen LogP) is 4.14. The first-order valence-electron chi connectivity index (χ1n) is 7.89. The van der Waals surface area contributed by atoms with Gasteiger partial charge in [0.25, 0.3) is 0 Å². The minimum absolute atomic E-state index is 0.344. The van der Waals surface area contributed by atoms with Gasteiger partial charge in [0, 0.05) is 10.6 Å². The molecule has 0 spiro atoms. The van der Waals surface area contributed by atoms with Gasteiger partial charge in [0.2, 0.25) is 5.91 Å². The quantitative estimate of drug-likeness (QED) is 0.788. The number of aryl methyl sites for hydroxylation is 2. The Balaban J connectivity index is 1.89. The highest BCUT2D eigenvalue weighted by atomic mass is 32.2. The molecule has 3 amide bonds. The average molecular weight is 358 g/mol. The topological polar surface area (TPSA) is 67.4 Å². The number of methoxy groups -OCH3 is 1. The normalized spacial score (nSPS) is 11.5. The number of nitrogens with one attached hydrogen (secondary N) is 2. The summed E-state index contributed by atoms with van der Waals surface area (Å²) >= 11 is 1.38. The van der Waals surface area contributed by atoms with Crippen molar-refractivity contribution in [1.82, 2.24) is 5.32 Å². The zero-order chi connectivity index (χ0) is 18.4. The van der Waals surface area contributed by atoms with Crippen LogP contribution in [-0.4, -0.2) is 24.3 Å². The second-order valence-corrected chi connectivity index (χ2v) is 7.11. The molecule has 6 heteroatoms. The van der Waals surface area contributed by atoms with E-state index >= 15 is 0 Å². The third kappa shape index (κ3) is 5.53. The number of amides is 3. The van der Waals surface area contributed by atoms with Gasteiger partial charge < -0.3 is 10.1 Å². The van der Waals surface area contributed by atoms with Gasteiger partial charge in [-0.3, -0.25) is 10.1 Å². The van der Waals surface area contributed by atoms with Gasteiger partial charge >= 0.3 is 6.03 Å². The molecule has 0 aliphatic carbocycles. The first-order valence-corrected chi connectivity index (χ1v) is 8.77. The molecule has 2 N–H and O–H groups in total. The van der Waals surface area contributed by atoms with Crippen molar-refractivity contribution in [2.24, 2.45) is 0 Å². The molecule has 0 fully saturated rings. The highest BCUT2D eigenvalue weighted by Crippen LogP contribution is 2.25. The fourth-order valence-electron chi connectivity index (χ4n) is 2.23. The third-order valence-electron chi connectivity index (χ3n) is 3.61. The Morgan fingerprint density at radius 1 is 1.08 bits per heavy atom. The van der Waals surface area contributed by atoms with Gasteiger partial charge in [0.15, 0.2) is 0 Å². The van der Waals surface area contributed by atoms with Gasteiger partial charge in [-0.25, -0.2) is 4.79 Å². The fourth-order valence-corrected chi connectivity index (χ4v) is 3.10. The summed E-state index contributed by atoms with van der Waals surface area (Å²) < 4.78 is 5.11. The van der Waals surface area contributed by atoms with Crippen LogP contribution in [0.25, 0.3) is 0 Å². The maximum Gasteiger partial charge on any atom is 0.325 e. The van der Waals surface area contributed by atoms with Crippen molar-refractivity contribution in [3.8, 4) is 5.75 Å². The van der Waals surface area contributed by atoms with Crippen LogP contribution >= 0.6 is 11.8 Å². The van der Waals surface area contributed by atoms with E-state index in [4.69, 9.17) is 4.74 Å². The molecule has 0 bridgehead atoms. The molecule has 0 aromatic heterocycles. The lowest BCUT2D eigenvalue weighted by Gasteiger charge is -2.13. The van der Waals surface area contributed by atoms with Crippen molar-refractivity contribution in [2.75, 3.05) is 12.4 Å². The maximum atomic E-state index is 12.2. The standard InChI is InChI=1S/C19H22N2O3S/c1-12-5-10-17(13(2)11-12)20-19(23)21-18(22)14(3)25-16-8-6-15(24-4)7-9-16/h5-11,14H,1-4H3,(H2,20,21,22,23). The van der Waals surface area contributed by atoms with Crippen LogP contribution in [-0.2, 0) is 4.79 Å². The number of imide groups is 1. The smallest absolute Gasteiger partial charge is 0.325 e. The molecule has 2 rings (SSSR count). The second kappa shape index (κ2) is 8.58. The van der Waals surface area contributed by atoms with Crippen molar-refractivity contribution in [1.29, 1.82) is 0 Å². The van der Waals surface area contributed by atoms with Crippen molar-refractivity contribution >= 4 is 29.4 Å². The Labute approximate surface area is 152 Å². The molecule has 1 atom stereocenters. The zero-order valence-electron chi connectivity index (χ0n) is 14.8. The van der Waals surface area contributed by atoms with Crippen LogP contribution in [0.3, 0.4) is 0 Å². The highest BCUT2D eigenvalue weighted by Gasteiger charge is 2.17. The number of anilines is 1. The van der Waals surface area contributed by atoms with E-state index in [0.717, 1.165) is 21.8 Å². The molecule has 0 radical (unpaired) electrons. The van der Waals surface area contributed by atoms with E-state index in [1.54, 1.807) is 14.0 Å². The van der Waals surface area contributed by atoms with Crippen molar-refractivity contribution < 1.29 is 14.3 Å². The molecule has 2 aromatic rings. The van der Waals surface area contributed by atoms with E-state index in [2.05, 4.69) is 10.6 Å². The number of carbonyl (C=O) groups excluding carboxylic acids is 2. The van der Waals surface area contributed by atoms with Gasteiger partial charge in [0.1, 0.15) is 5.75 Å². The van der Waals surface area contributed by atoms with Gasteiger partial charge in [-0.2, -0.15) is 0 Å². The van der Waals surface area contributed by atoms with Crippen LogP contribution in [0.5, 0.6) is 5.75 Å². The van der Waals surface area contributed by atoms with E-state index in [1.165, 1.54) is 11.8 Å². The van der Waals surface area contributed by atoms with Crippen LogP contribution in [0, 0.1) is 13.8 Å². The molecule has 0 aliphatic rings. The molecule has 0 saturated heterocycles. The Morgan fingerprint density at radius 3 is 2.36 bits per heavy atom. The summed E-state index contributed by atoms with van der Waals surface area (Å²) in [6, 6.07) is 12.6. The number of rotatable bonds is 5. The second-order valence-electron chi connectivity index (χ2n) is 5.70. The van der Waals surface area contributed by atoms with Crippen molar-refractivity contribution in [2.45, 2.75) is 30.9 Å². The molecule has 2 aromatic carbocycles. The first-order chi connectivity index (χ1) is 11.9. The van der Waals surface area contributed by atoms with E-state index in [-0.39, 0.29) is 5.91 Å². The third-order valence-corrected chi connectivity index (χ3v) is 4.72. The summed E-state index contributed by atoms with van der Waals surface area (Å²) in [5.41, 5.74) is 2.75. The van der Waals surface area contributed by atoms with E-state index in [1.807, 2.05) is 56.3 Å². The largest absolute Gasteiger partial charge is 0.497 e. The van der Waals surface area contributed by atoms with Crippen LogP contribution < -0.4 is 15.4 Å². The summed E-state index contributed by atoms with van der Waals surface area (Å²) in [6.07, 6.45) is 0. The van der Waals surface area contributed by atoms with Gasteiger partial charge in [-0.15, -0.1) is 11.8 Å². The molecule has 25 heavy (non-hydrogen) atoms. The molecule has 0 aliphatic heterocycles. The number of benzene rings is 2. The Kier molecular flexibility index (Phi) is 6.47. The summed E-state index contributed by atoms with van der Waals surface area (Å²) in [6.45, 7) is 5.65. The van der Waals surface area contributed by atoms with E-state index < -0.39 is 11.3 Å². The fraction of sp³-hybridized carbons (Fsp3) is 0.263.